The molecule has 0 saturated carbocycles. The smallest absolute Gasteiger partial charge is 0.209 e. The monoisotopic (exact) mass is 252 g/mol. The fraction of sp³-hybridized carbons (Fsp3) is 0.125. The van der Waals surface area contributed by atoms with Crippen LogP contribution < -0.4 is 0 Å². The summed E-state index contributed by atoms with van der Waals surface area (Å²) in [7, 11) is 0. The van der Waals surface area contributed by atoms with Gasteiger partial charge in [0, 0.05) is 11.1 Å². The van der Waals surface area contributed by atoms with Gasteiger partial charge in [-0.3, -0.25) is 4.99 Å². The van der Waals surface area contributed by atoms with Gasteiger partial charge in [0.05, 0.1) is 18.0 Å². The first-order valence-electron chi connectivity index (χ1n) is 6.22. The number of hydrogen-bond donors (Lipinski definition) is 0. The van der Waals surface area contributed by atoms with Gasteiger partial charge in [-0.2, -0.15) is 0 Å². The van der Waals surface area contributed by atoms with Crippen molar-refractivity contribution in [3.05, 3.63) is 71.8 Å². The molecule has 3 rings (SSSR count). The van der Waals surface area contributed by atoms with E-state index in [9.17, 15) is 4.39 Å². The first-order chi connectivity index (χ1) is 9.34. The van der Waals surface area contributed by atoms with Gasteiger partial charge in [-0.25, -0.2) is 9.38 Å². The average Bonchev–Trinajstić information content (AvgIpc) is 2.49. The fourth-order valence-corrected chi connectivity index (χ4v) is 2.11. The molecule has 0 N–H and O–H groups in total. The minimum Gasteiger partial charge on any atom is -0.277 e. The Hall–Kier alpha value is -2.29. The van der Waals surface area contributed by atoms with E-state index in [-0.39, 0.29) is 6.54 Å². The molecule has 0 fully saturated rings. The van der Waals surface area contributed by atoms with E-state index in [0.29, 0.717) is 5.71 Å². The molecule has 2 aromatic rings. The Kier molecular flexibility index (Phi) is 3.19. The molecule has 0 aliphatic carbocycles. The second kappa shape index (κ2) is 5.14. The van der Waals surface area contributed by atoms with Gasteiger partial charge in [-0.05, 0) is 0 Å². The van der Waals surface area contributed by atoms with Gasteiger partial charge in [0.2, 0.25) is 6.30 Å². The topological polar surface area (TPSA) is 24.7 Å². The Bertz CT molecular complexity index is 618. The van der Waals surface area contributed by atoms with Crippen molar-refractivity contribution in [2.45, 2.75) is 6.30 Å². The first-order valence-corrected chi connectivity index (χ1v) is 6.22. The van der Waals surface area contributed by atoms with Crippen LogP contribution in [-0.4, -0.2) is 24.3 Å². The van der Waals surface area contributed by atoms with E-state index in [1.54, 1.807) is 0 Å². The third-order valence-electron chi connectivity index (χ3n) is 2.99. The Labute approximate surface area is 111 Å². The van der Waals surface area contributed by atoms with Crippen LogP contribution in [0.5, 0.6) is 0 Å². The van der Waals surface area contributed by atoms with E-state index in [4.69, 9.17) is 0 Å². The van der Waals surface area contributed by atoms with Gasteiger partial charge in [0.1, 0.15) is 0 Å². The van der Waals surface area contributed by atoms with Gasteiger partial charge in [-0.1, -0.05) is 60.7 Å². The summed E-state index contributed by atoms with van der Waals surface area (Å²) in [6.45, 7) is 0.0978. The van der Waals surface area contributed by atoms with Crippen LogP contribution in [0.3, 0.4) is 0 Å². The quantitative estimate of drug-likeness (QED) is 0.733. The van der Waals surface area contributed by atoms with Crippen molar-refractivity contribution in [3.8, 4) is 0 Å². The lowest BCUT2D eigenvalue weighted by Gasteiger charge is -2.17. The number of rotatable bonds is 2. The number of halogens is 1. The summed E-state index contributed by atoms with van der Waals surface area (Å²) in [4.78, 5) is 8.48. The van der Waals surface area contributed by atoms with Crippen molar-refractivity contribution in [2.75, 3.05) is 6.54 Å². The molecule has 0 spiro atoms. The van der Waals surface area contributed by atoms with Gasteiger partial charge in [0.15, 0.2) is 0 Å². The summed E-state index contributed by atoms with van der Waals surface area (Å²) >= 11 is 0. The Balaban J connectivity index is 2.07. The summed E-state index contributed by atoms with van der Waals surface area (Å²) in [5.74, 6) is 0. The van der Waals surface area contributed by atoms with Crippen LogP contribution >= 0.6 is 0 Å². The lowest BCUT2D eigenvalue weighted by molar-refractivity contribution is 0.355. The number of nitrogens with zero attached hydrogens (tertiary/aromatic N) is 2. The van der Waals surface area contributed by atoms with Crippen LogP contribution in [0.4, 0.5) is 4.39 Å². The molecule has 0 saturated heterocycles. The highest BCUT2D eigenvalue weighted by Crippen LogP contribution is 2.15. The minimum absolute atomic E-state index is 0.0978. The zero-order valence-electron chi connectivity index (χ0n) is 10.3. The molecule has 1 aliphatic rings. The summed E-state index contributed by atoms with van der Waals surface area (Å²) < 4.78 is 13.5. The SMILES string of the molecule is FC1CN=C(c2ccccc2)C(c2ccccc2)=N1. The summed E-state index contributed by atoms with van der Waals surface area (Å²) in [6, 6.07) is 19.4. The van der Waals surface area contributed by atoms with E-state index in [1.807, 2.05) is 60.7 Å². The second-order valence-corrected chi connectivity index (χ2v) is 4.33. The van der Waals surface area contributed by atoms with Crippen molar-refractivity contribution < 1.29 is 4.39 Å². The third-order valence-corrected chi connectivity index (χ3v) is 2.99. The molecule has 3 heteroatoms. The lowest BCUT2D eigenvalue weighted by Crippen LogP contribution is -2.25. The second-order valence-electron chi connectivity index (χ2n) is 4.33. The fourth-order valence-electron chi connectivity index (χ4n) is 2.11. The largest absolute Gasteiger partial charge is 0.277 e. The van der Waals surface area contributed by atoms with Gasteiger partial charge in [0.25, 0.3) is 0 Å². The molecule has 0 amide bonds. The zero-order valence-corrected chi connectivity index (χ0v) is 10.3. The molecule has 94 valence electrons. The number of aliphatic imine (C=N–C) groups is 2. The van der Waals surface area contributed by atoms with E-state index in [1.165, 1.54) is 0 Å². The predicted octanol–water partition coefficient (Wildman–Crippen LogP) is 3.27. The Morgan fingerprint density at radius 2 is 1.32 bits per heavy atom. The highest BCUT2D eigenvalue weighted by Gasteiger charge is 2.20. The van der Waals surface area contributed by atoms with Crippen LogP contribution in [0.2, 0.25) is 0 Å². The van der Waals surface area contributed by atoms with Crippen molar-refractivity contribution in [2.24, 2.45) is 9.98 Å². The van der Waals surface area contributed by atoms with Crippen molar-refractivity contribution in [3.63, 3.8) is 0 Å². The maximum Gasteiger partial charge on any atom is 0.209 e. The maximum absolute atomic E-state index is 13.5. The van der Waals surface area contributed by atoms with Crippen LogP contribution in [0.25, 0.3) is 0 Å². The highest BCUT2D eigenvalue weighted by molar-refractivity contribution is 6.53. The maximum atomic E-state index is 13.5. The Morgan fingerprint density at radius 3 is 1.89 bits per heavy atom. The first kappa shape index (κ1) is 11.8. The summed E-state index contributed by atoms with van der Waals surface area (Å²) in [5, 5.41) is 0. The molecule has 0 bridgehead atoms. The number of hydrogen-bond acceptors (Lipinski definition) is 2. The standard InChI is InChI=1S/C16H13FN2/c17-14-11-18-15(12-7-3-1-4-8-12)16(19-14)13-9-5-2-6-10-13/h1-10,14H,11H2. The van der Waals surface area contributed by atoms with E-state index in [2.05, 4.69) is 9.98 Å². The van der Waals surface area contributed by atoms with E-state index < -0.39 is 6.30 Å². The Morgan fingerprint density at radius 1 is 0.789 bits per heavy atom. The van der Waals surface area contributed by atoms with Crippen LogP contribution in [-0.2, 0) is 0 Å². The average molecular weight is 252 g/mol. The highest BCUT2D eigenvalue weighted by atomic mass is 19.1. The zero-order chi connectivity index (χ0) is 13.1. The van der Waals surface area contributed by atoms with Crippen molar-refractivity contribution in [1.82, 2.24) is 0 Å². The molecule has 2 aromatic carbocycles. The molecule has 1 heterocycles. The van der Waals surface area contributed by atoms with Crippen LogP contribution in [0, 0.1) is 0 Å². The molecular weight excluding hydrogens is 239 g/mol. The van der Waals surface area contributed by atoms with Crippen LogP contribution in [0.1, 0.15) is 11.1 Å². The predicted molar refractivity (Wildman–Crippen MR) is 75.7 cm³/mol. The molecule has 19 heavy (non-hydrogen) atoms. The molecule has 0 radical (unpaired) electrons. The lowest BCUT2D eigenvalue weighted by atomic mass is 9.98. The van der Waals surface area contributed by atoms with Gasteiger partial charge >= 0.3 is 0 Å². The summed E-state index contributed by atoms with van der Waals surface area (Å²) in [5.41, 5.74) is 3.26. The third kappa shape index (κ3) is 2.45. The van der Waals surface area contributed by atoms with Gasteiger partial charge in [-0.15, -0.1) is 0 Å². The molecule has 0 aromatic heterocycles. The molecule has 2 nitrogen and oxygen atoms in total. The van der Waals surface area contributed by atoms with Crippen molar-refractivity contribution in [1.29, 1.82) is 0 Å². The number of alkyl halides is 1. The molecule has 1 atom stereocenters. The van der Waals surface area contributed by atoms with Crippen molar-refractivity contribution >= 4 is 11.4 Å². The molecule has 1 aliphatic heterocycles. The normalized spacial score (nSPS) is 18.7. The van der Waals surface area contributed by atoms with Gasteiger partial charge < -0.3 is 0 Å². The van der Waals surface area contributed by atoms with Crippen LogP contribution in [0.15, 0.2) is 70.6 Å². The number of benzene rings is 2. The summed E-state index contributed by atoms with van der Waals surface area (Å²) in [6.07, 6.45) is -1.25. The minimum atomic E-state index is -1.25. The van der Waals surface area contributed by atoms with E-state index >= 15 is 0 Å². The molecular formula is C16H13FN2. The molecule has 1 unspecified atom stereocenters. The van der Waals surface area contributed by atoms with E-state index in [0.717, 1.165) is 16.8 Å².